The number of anilines is 1. The van der Waals surface area contributed by atoms with Gasteiger partial charge in [0.1, 0.15) is 0 Å². The summed E-state index contributed by atoms with van der Waals surface area (Å²) in [5.41, 5.74) is 2.42. The number of nitrogens with one attached hydrogen (secondary N) is 1. The van der Waals surface area contributed by atoms with Crippen molar-refractivity contribution >= 4 is 23.2 Å². The minimum absolute atomic E-state index is 0.0925. The first-order valence-corrected chi connectivity index (χ1v) is 6.77. The van der Waals surface area contributed by atoms with E-state index in [4.69, 9.17) is 11.6 Å². The lowest BCUT2D eigenvalue weighted by Gasteiger charge is -2.19. The summed E-state index contributed by atoms with van der Waals surface area (Å²) < 4.78 is 0. The van der Waals surface area contributed by atoms with Crippen LogP contribution in [0.2, 0.25) is 5.02 Å². The van der Waals surface area contributed by atoms with Crippen molar-refractivity contribution in [2.75, 3.05) is 5.32 Å². The lowest BCUT2D eigenvalue weighted by atomic mass is 9.87. The fourth-order valence-corrected chi connectivity index (χ4v) is 1.99. The maximum Gasteiger partial charge on any atom is 0.258 e. The van der Waals surface area contributed by atoms with E-state index in [1.165, 1.54) is 11.8 Å². The molecular formula is C16H17ClN2O. The van der Waals surface area contributed by atoms with Gasteiger partial charge in [-0.2, -0.15) is 0 Å². The molecule has 1 heterocycles. The quantitative estimate of drug-likeness (QED) is 0.896. The van der Waals surface area contributed by atoms with Gasteiger partial charge in [0.25, 0.3) is 5.91 Å². The first kappa shape index (κ1) is 14.5. The average Bonchev–Trinajstić information content (AvgIpc) is 2.38. The van der Waals surface area contributed by atoms with Crippen LogP contribution in [0.25, 0.3) is 0 Å². The van der Waals surface area contributed by atoms with Gasteiger partial charge in [0.15, 0.2) is 0 Å². The molecule has 0 saturated carbocycles. The smallest absolute Gasteiger partial charge is 0.258 e. The summed E-state index contributed by atoms with van der Waals surface area (Å²) in [5, 5.41) is 3.21. The second-order valence-corrected chi connectivity index (χ2v) is 6.04. The predicted molar refractivity (Wildman–Crippen MR) is 82.3 cm³/mol. The minimum Gasteiger partial charge on any atom is -0.322 e. The molecule has 2 rings (SSSR count). The number of halogens is 1. The Hall–Kier alpha value is -1.87. The van der Waals surface area contributed by atoms with Gasteiger partial charge in [-0.05, 0) is 29.2 Å². The molecule has 2 aromatic rings. The fraction of sp³-hybridized carbons (Fsp3) is 0.250. The molecule has 0 aliphatic heterocycles. The number of benzene rings is 1. The van der Waals surface area contributed by atoms with Gasteiger partial charge in [-0.25, -0.2) is 0 Å². The number of hydrogen-bond acceptors (Lipinski definition) is 2. The molecule has 0 spiro atoms. The normalized spacial score (nSPS) is 11.2. The number of rotatable bonds is 2. The Kier molecular flexibility index (Phi) is 4.09. The first-order valence-electron chi connectivity index (χ1n) is 6.39. The Balaban J connectivity index is 2.15. The largest absolute Gasteiger partial charge is 0.322 e. The van der Waals surface area contributed by atoms with Crippen LogP contribution >= 0.6 is 11.6 Å². The van der Waals surface area contributed by atoms with Crippen molar-refractivity contribution in [1.82, 2.24) is 4.98 Å². The standard InChI is InChI=1S/C16H17ClN2O/c1-16(2,3)11-4-6-12(7-5-11)19-15(20)13-10-18-9-8-14(13)17/h4-10H,1-3H3,(H,19,20). The van der Waals surface area contributed by atoms with Crippen molar-refractivity contribution in [3.8, 4) is 0 Å². The van der Waals surface area contributed by atoms with Crippen LogP contribution in [0.3, 0.4) is 0 Å². The van der Waals surface area contributed by atoms with Crippen LogP contribution < -0.4 is 5.32 Å². The molecule has 20 heavy (non-hydrogen) atoms. The summed E-state index contributed by atoms with van der Waals surface area (Å²) in [4.78, 5) is 16.0. The highest BCUT2D eigenvalue weighted by Crippen LogP contribution is 2.24. The monoisotopic (exact) mass is 288 g/mol. The van der Waals surface area contributed by atoms with Crippen molar-refractivity contribution in [2.45, 2.75) is 26.2 Å². The Bertz CT molecular complexity index is 615. The summed E-state index contributed by atoms with van der Waals surface area (Å²) in [6.45, 7) is 6.45. The van der Waals surface area contributed by atoms with E-state index in [2.05, 4.69) is 31.1 Å². The summed E-state index contributed by atoms with van der Waals surface area (Å²) in [6, 6.07) is 9.41. The Morgan fingerprint density at radius 3 is 2.35 bits per heavy atom. The number of hydrogen-bond donors (Lipinski definition) is 1. The molecule has 0 saturated heterocycles. The molecule has 1 aromatic carbocycles. The van der Waals surface area contributed by atoms with Crippen molar-refractivity contribution in [3.63, 3.8) is 0 Å². The van der Waals surface area contributed by atoms with Gasteiger partial charge >= 0.3 is 0 Å². The zero-order valence-electron chi connectivity index (χ0n) is 11.8. The van der Waals surface area contributed by atoms with Crippen LogP contribution in [0, 0.1) is 0 Å². The number of amides is 1. The van der Waals surface area contributed by atoms with E-state index < -0.39 is 0 Å². The molecule has 104 valence electrons. The molecule has 0 radical (unpaired) electrons. The predicted octanol–water partition coefficient (Wildman–Crippen LogP) is 4.28. The highest BCUT2D eigenvalue weighted by molar-refractivity contribution is 6.34. The Morgan fingerprint density at radius 1 is 1.15 bits per heavy atom. The van der Waals surface area contributed by atoms with Crippen LogP contribution in [-0.2, 0) is 5.41 Å². The van der Waals surface area contributed by atoms with E-state index in [-0.39, 0.29) is 11.3 Å². The highest BCUT2D eigenvalue weighted by Gasteiger charge is 2.14. The van der Waals surface area contributed by atoms with E-state index >= 15 is 0 Å². The topological polar surface area (TPSA) is 42.0 Å². The van der Waals surface area contributed by atoms with Crippen molar-refractivity contribution in [3.05, 3.63) is 58.9 Å². The molecule has 0 atom stereocenters. The highest BCUT2D eigenvalue weighted by atomic mass is 35.5. The Labute approximate surface area is 124 Å². The Morgan fingerprint density at radius 2 is 1.80 bits per heavy atom. The SMILES string of the molecule is CC(C)(C)c1ccc(NC(=O)c2cnccc2Cl)cc1. The maximum atomic E-state index is 12.1. The third-order valence-electron chi connectivity index (χ3n) is 3.02. The molecule has 4 heteroatoms. The summed E-state index contributed by atoms with van der Waals surface area (Å²) in [6.07, 6.45) is 3.01. The molecule has 3 nitrogen and oxygen atoms in total. The second-order valence-electron chi connectivity index (χ2n) is 5.64. The van der Waals surface area contributed by atoms with Crippen LogP contribution in [0.1, 0.15) is 36.7 Å². The molecule has 0 aliphatic carbocycles. The van der Waals surface area contributed by atoms with Crippen LogP contribution in [0.4, 0.5) is 5.69 Å². The number of pyridine rings is 1. The van der Waals surface area contributed by atoms with Crippen molar-refractivity contribution < 1.29 is 4.79 Å². The second kappa shape index (κ2) is 5.63. The number of carbonyl (C=O) groups is 1. The number of nitrogens with zero attached hydrogens (tertiary/aromatic N) is 1. The van der Waals surface area contributed by atoms with Gasteiger partial charge in [-0.1, -0.05) is 44.5 Å². The van der Waals surface area contributed by atoms with Crippen LogP contribution in [0.15, 0.2) is 42.7 Å². The third kappa shape index (κ3) is 3.36. The minimum atomic E-state index is -0.258. The molecule has 0 fully saturated rings. The molecular weight excluding hydrogens is 272 g/mol. The summed E-state index contributed by atoms with van der Waals surface area (Å²) in [7, 11) is 0. The summed E-state index contributed by atoms with van der Waals surface area (Å²) >= 11 is 5.97. The number of carbonyl (C=O) groups excluding carboxylic acids is 1. The van der Waals surface area contributed by atoms with Gasteiger partial charge in [0.05, 0.1) is 10.6 Å². The third-order valence-corrected chi connectivity index (χ3v) is 3.35. The average molecular weight is 289 g/mol. The van der Waals surface area contributed by atoms with E-state index in [1.54, 1.807) is 12.3 Å². The van der Waals surface area contributed by atoms with Gasteiger partial charge in [-0.3, -0.25) is 9.78 Å². The van der Waals surface area contributed by atoms with Crippen molar-refractivity contribution in [1.29, 1.82) is 0 Å². The van der Waals surface area contributed by atoms with Gasteiger partial charge in [-0.15, -0.1) is 0 Å². The molecule has 1 N–H and O–H groups in total. The molecule has 0 unspecified atom stereocenters. The molecule has 1 amide bonds. The number of aromatic nitrogens is 1. The summed E-state index contributed by atoms with van der Waals surface area (Å²) in [5.74, 6) is -0.258. The molecule has 0 aliphatic rings. The molecule has 1 aromatic heterocycles. The lowest BCUT2D eigenvalue weighted by molar-refractivity contribution is 0.102. The van der Waals surface area contributed by atoms with Crippen LogP contribution in [0.5, 0.6) is 0 Å². The fourth-order valence-electron chi connectivity index (χ4n) is 1.80. The van der Waals surface area contributed by atoms with Gasteiger partial charge < -0.3 is 5.32 Å². The van der Waals surface area contributed by atoms with Crippen LogP contribution in [-0.4, -0.2) is 10.9 Å². The van der Waals surface area contributed by atoms with E-state index in [9.17, 15) is 4.79 Å². The molecule has 0 bridgehead atoms. The van der Waals surface area contributed by atoms with E-state index in [0.29, 0.717) is 10.6 Å². The van der Waals surface area contributed by atoms with Gasteiger partial charge in [0, 0.05) is 18.1 Å². The zero-order valence-corrected chi connectivity index (χ0v) is 12.5. The zero-order chi connectivity index (χ0) is 14.8. The maximum absolute atomic E-state index is 12.1. The van der Waals surface area contributed by atoms with Crippen molar-refractivity contribution in [2.24, 2.45) is 0 Å². The first-order chi connectivity index (χ1) is 9.38. The van der Waals surface area contributed by atoms with E-state index in [1.807, 2.05) is 24.3 Å². The lowest BCUT2D eigenvalue weighted by Crippen LogP contribution is -2.14. The van der Waals surface area contributed by atoms with Gasteiger partial charge in [0.2, 0.25) is 0 Å². The van der Waals surface area contributed by atoms with E-state index in [0.717, 1.165) is 5.69 Å².